The van der Waals surface area contributed by atoms with Gasteiger partial charge in [-0.1, -0.05) is 18.2 Å². The van der Waals surface area contributed by atoms with Gasteiger partial charge < -0.3 is 24.3 Å². The van der Waals surface area contributed by atoms with E-state index in [-0.39, 0.29) is 5.56 Å². The maximum atomic E-state index is 12.4. The van der Waals surface area contributed by atoms with Gasteiger partial charge in [-0.2, -0.15) is 5.10 Å². The van der Waals surface area contributed by atoms with Crippen molar-refractivity contribution in [3.05, 3.63) is 59.9 Å². The second-order valence-electron chi connectivity index (χ2n) is 6.43. The highest BCUT2D eigenvalue weighted by Gasteiger charge is 2.19. The number of benzene rings is 2. The molecular formula is C22H23N3O6. The van der Waals surface area contributed by atoms with Gasteiger partial charge in [0.25, 0.3) is 5.91 Å². The van der Waals surface area contributed by atoms with E-state index < -0.39 is 18.5 Å². The second kappa shape index (κ2) is 9.66. The lowest BCUT2D eigenvalue weighted by atomic mass is 10.2. The Bertz CT molecular complexity index is 1050. The molecular weight excluding hydrogens is 402 g/mol. The van der Waals surface area contributed by atoms with Crippen LogP contribution < -0.4 is 19.5 Å². The van der Waals surface area contributed by atoms with E-state index in [1.165, 1.54) is 27.5 Å². The minimum absolute atomic E-state index is 0.282. The van der Waals surface area contributed by atoms with Gasteiger partial charge in [-0.15, -0.1) is 0 Å². The van der Waals surface area contributed by atoms with E-state index in [0.717, 1.165) is 5.69 Å². The monoisotopic (exact) mass is 425 g/mol. The van der Waals surface area contributed by atoms with Crippen LogP contribution in [0.25, 0.3) is 5.69 Å². The number of carbonyl (C=O) groups excluding carboxylic acids is 2. The van der Waals surface area contributed by atoms with Gasteiger partial charge in [0.05, 0.1) is 38.9 Å². The molecule has 0 radical (unpaired) electrons. The summed E-state index contributed by atoms with van der Waals surface area (Å²) in [5.74, 6) is 0.0203. The molecule has 0 saturated carbocycles. The SMILES string of the molecule is COc1cc(NC(=O)COC(=O)c2cnn(-c3ccccc3)c2C)cc(OC)c1OC. The maximum absolute atomic E-state index is 12.4. The number of para-hydroxylation sites is 1. The largest absolute Gasteiger partial charge is 0.493 e. The van der Waals surface area contributed by atoms with Crippen LogP contribution in [0, 0.1) is 6.92 Å². The number of ether oxygens (including phenoxy) is 4. The first kappa shape index (κ1) is 21.7. The Morgan fingerprint density at radius 2 is 1.65 bits per heavy atom. The summed E-state index contributed by atoms with van der Waals surface area (Å²) in [5, 5.41) is 6.87. The second-order valence-corrected chi connectivity index (χ2v) is 6.43. The smallest absolute Gasteiger partial charge is 0.342 e. The van der Waals surface area contributed by atoms with Crippen molar-refractivity contribution in [2.75, 3.05) is 33.3 Å². The summed E-state index contributed by atoms with van der Waals surface area (Å²) in [6.45, 7) is 1.29. The molecule has 0 unspecified atom stereocenters. The van der Waals surface area contributed by atoms with E-state index in [2.05, 4.69) is 10.4 Å². The third-order valence-electron chi connectivity index (χ3n) is 4.51. The molecule has 31 heavy (non-hydrogen) atoms. The molecule has 1 heterocycles. The molecule has 1 aromatic heterocycles. The zero-order valence-electron chi connectivity index (χ0n) is 17.7. The van der Waals surface area contributed by atoms with Crippen LogP contribution in [0.5, 0.6) is 17.2 Å². The molecule has 0 fully saturated rings. The van der Waals surface area contributed by atoms with Gasteiger partial charge in [0.15, 0.2) is 18.1 Å². The molecule has 0 aliphatic heterocycles. The van der Waals surface area contributed by atoms with Crippen LogP contribution in [0.4, 0.5) is 5.69 Å². The van der Waals surface area contributed by atoms with E-state index in [9.17, 15) is 9.59 Å². The Labute approximate surface area is 179 Å². The number of hydrogen-bond acceptors (Lipinski definition) is 7. The lowest BCUT2D eigenvalue weighted by Gasteiger charge is -2.14. The minimum Gasteiger partial charge on any atom is -0.493 e. The average Bonchev–Trinajstić information content (AvgIpc) is 3.18. The number of methoxy groups -OCH3 is 3. The number of amides is 1. The first-order chi connectivity index (χ1) is 15.0. The Kier molecular flexibility index (Phi) is 6.76. The summed E-state index contributed by atoms with van der Waals surface area (Å²) in [5.41, 5.74) is 2.12. The normalized spacial score (nSPS) is 10.3. The zero-order chi connectivity index (χ0) is 22.4. The zero-order valence-corrected chi connectivity index (χ0v) is 17.7. The molecule has 2 aromatic carbocycles. The van der Waals surface area contributed by atoms with Crippen molar-refractivity contribution in [2.24, 2.45) is 0 Å². The molecule has 0 spiro atoms. The third kappa shape index (κ3) is 4.77. The first-order valence-electron chi connectivity index (χ1n) is 9.35. The lowest BCUT2D eigenvalue weighted by molar-refractivity contribution is -0.119. The predicted molar refractivity (Wildman–Crippen MR) is 113 cm³/mol. The first-order valence-corrected chi connectivity index (χ1v) is 9.35. The van der Waals surface area contributed by atoms with Gasteiger partial charge in [-0.25, -0.2) is 9.48 Å². The van der Waals surface area contributed by atoms with E-state index in [1.54, 1.807) is 23.7 Å². The van der Waals surface area contributed by atoms with Crippen molar-refractivity contribution >= 4 is 17.6 Å². The van der Waals surface area contributed by atoms with Gasteiger partial charge in [0.1, 0.15) is 5.56 Å². The summed E-state index contributed by atoms with van der Waals surface area (Å²) < 4.78 is 22.6. The van der Waals surface area contributed by atoms with Gasteiger partial charge in [-0.3, -0.25) is 4.79 Å². The van der Waals surface area contributed by atoms with E-state index >= 15 is 0 Å². The molecule has 0 saturated heterocycles. The van der Waals surface area contributed by atoms with E-state index in [0.29, 0.717) is 28.6 Å². The Hall–Kier alpha value is -4.01. The Morgan fingerprint density at radius 3 is 2.23 bits per heavy atom. The Balaban J connectivity index is 1.65. The summed E-state index contributed by atoms with van der Waals surface area (Å²) in [7, 11) is 4.44. The average molecular weight is 425 g/mol. The van der Waals surface area contributed by atoms with Crippen LogP contribution in [0.15, 0.2) is 48.7 Å². The predicted octanol–water partition coefficient (Wildman–Crippen LogP) is 3.00. The van der Waals surface area contributed by atoms with Crippen LogP contribution >= 0.6 is 0 Å². The number of aromatic nitrogens is 2. The molecule has 0 atom stereocenters. The molecule has 3 rings (SSSR count). The van der Waals surface area contributed by atoms with Crippen molar-refractivity contribution in [1.29, 1.82) is 0 Å². The van der Waals surface area contributed by atoms with Gasteiger partial charge in [0, 0.05) is 17.8 Å². The summed E-state index contributed by atoms with van der Waals surface area (Å²) in [6, 6.07) is 12.6. The van der Waals surface area contributed by atoms with Crippen molar-refractivity contribution in [3.63, 3.8) is 0 Å². The fourth-order valence-electron chi connectivity index (χ4n) is 3.00. The molecule has 3 aromatic rings. The molecule has 1 N–H and O–H groups in total. The van der Waals surface area contributed by atoms with Crippen LogP contribution in [-0.4, -0.2) is 49.6 Å². The molecule has 0 aliphatic carbocycles. The fourth-order valence-corrected chi connectivity index (χ4v) is 3.00. The summed E-state index contributed by atoms with van der Waals surface area (Å²) in [4.78, 5) is 24.7. The number of carbonyl (C=O) groups is 2. The van der Waals surface area contributed by atoms with Crippen molar-refractivity contribution in [1.82, 2.24) is 9.78 Å². The number of anilines is 1. The quantitative estimate of drug-likeness (QED) is 0.554. The van der Waals surface area contributed by atoms with Crippen LogP contribution in [0.3, 0.4) is 0 Å². The fraction of sp³-hybridized carbons (Fsp3) is 0.227. The topological polar surface area (TPSA) is 101 Å². The van der Waals surface area contributed by atoms with Crippen LogP contribution in [0.1, 0.15) is 16.1 Å². The van der Waals surface area contributed by atoms with Crippen LogP contribution in [-0.2, 0) is 9.53 Å². The lowest BCUT2D eigenvalue weighted by Crippen LogP contribution is -2.21. The minimum atomic E-state index is -0.639. The number of nitrogens with zero attached hydrogens (tertiary/aromatic N) is 2. The highest BCUT2D eigenvalue weighted by molar-refractivity contribution is 5.96. The molecule has 0 bridgehead atoms. The molecule has 1 amide bonds. The third-order valence-corrected chi connectivity index (χ3v) is 4.51. The van der Waals surface area contributed by atoms with Gasteiger partial charge >= 0.3 is 5.97 Å². The number of rotatable bonds is 8. The number of esters is 1. The molecule has 162 valence electrons. The molecule has 9 nitrogen and oxygen atoms in total. The van der Waals surface area contributed by atoms with Crippen molar-refractivity contribution < 1.29 is 28.5 Å². The van der Waals surface area contributed by atoms with E-state index in [1.807, 2.05) is 30.3 Å². The van der Waals surface area contributed by atoms with Gasteiger partial charge in [-0.05, 0) is 19.1 Å². The summed E-state index contributed by atoms with van der Waals surface area (Å²) >= 11 is 0. The molecule has 0 aliphatic rings. The van der Waals surface area contributed by atoms with E-state index in [4.69, 9.17) is 18.9 Å². The van der Waals surface area contributed by atoms with Crippen molar-refractivity contribution in [2.45, 2.75) is 6.92 Å². The van der Waals surface area contributed by atoms with Gasteiger partial charge in [0.2, 0.25) is 5.75 Å². The molecule has 9 heteroatoms. The standard InChI is InChI=1S/C22H23N3O6/c1-14-17(12-23-25(14)16-8-6-5-7-9-16)22(27)31-13-20(26)24-15-10-18(28-2)21(30-4)19(11-15)29-3/h5-12H,13H2,1-4H3,(H,24,26). The summed E-state index contributed by atoms with van der Waals surface area (Å²) in [6.07, 6.45) is 1.42. The van der Waals surface area contributed by atoms with Crippen LogP contribution in [0.2, 0.25) is 0 Å². The van der Waals surface area contributed by atoms with Crippen molar-refractivity contribution in [3.8, 4) is 22.9 Å². The highest BCUT2D eigenvalue weighted by atomic mass is 16.5. The Morgan fingerprint density at radius 1 is 1.00 bits per heavy atom. The highest BCUT2D eigenvalue weighted by Crippen LogP contribution is 2.39. The number of hydrogen-bond donors (Lipinski definition) is 1. The number of nitrogens with one attached hydrogen (secondary N) is 1. The maximum Gasteiger partial charge on any atom is 0.342 e.